The fourth-order valence-electron chi connectivity index (χ4n) is 2.54. The average molecular weight is 284 g/mol. The van der Waals surface area contributed by atoms with Gasteiger partial charge >= 0.3 is 6.09 Å². The SMILES string of the molecule is CC1(C)CCC(CNCCNC(=O)OC(C)(C)C)CC1. The second kappa shape index (κ2) is 7.30. The maximum Gasteiger partial charge on any atom is 0.407 e. The maximum absolute atomic E-state index is 11.4. The molecule has 118 valence electrons. The van der Waals surface area contributed by atoms with Crippen LogP contribution >= 0.6 is 0 Å². The van der Waals surface area contributed by atoms with Crippen molar-refractivity contribution in [2.45, 2.75) is 65.9 Å². The Bertz CT molecular complexity index is 298. The van der Waals surface area contributed by atoms with Crippen molar-refractivity contribution in [1.29, 1.82) is 0 Å². The number of nitrogens with one attached hydrogen (secondary N) is 2. The van der Waals surface area contributed by atoms with Crippen LogP contribution in [0.2, 0.25) is 0 Å². The van der Waals surface area contributed by atoms with Crippen LogP contribution < -0.4 is 10.6 Å². The lowest BCUT2D eigenvalue weighted by atomic mass is 9.73. The Balaban J connectivity index is 2.02. The third-order valence-corrected chi connectivity index (χ3v) is 3.86. The number of alkyl carbamates (subject to hydrolysis) is 1. The molecular formula is C16H32N2O2. The fourth-order valence-corrected chi connectivity index (χ4v) is 2.54. The molecule has 1 amide bonds. The highest BCUT2D eigenvalue weighted by Crippen LogP contribution is 2.37. The van der Waals surface area contributed by atoms with E-state index >= 15 is 0 Å². The van der Waals surface area contributed by atoms with E-state index in [1.807, 2.05) is 20.8 Å². The van der Waals surface area contributed by atoms with Crippen molar-refractivity contribution < 1.29 is 9.53 Å². The number of hydrogen-bond acceptors (Lipinski definition) is 3. The molecule has 4 nitrogen and oxygen atoms in total. The van der Waals surface area contributed by atoms with E-state index in [0.717, 1.165) is 19.0 Å². The van der Waals surface area contributed by atoms with Crippen molar-refractivity contribution in [3.63, 3.8) is 0 Å². The third kappa shape index (κ3) is 7.73. The molecule has 2 N–H and O–H groups in total. The molecule has 1 aliphatic rings. The summed E-state index contributed by atoms with van der Waals surface area (Å²) in [7, 11) is 0. The summed E-state index contributed by atoms with van der Waals surface area (Å²) in [5.74, 6) is 0.796. The molecule has 0 aromatic heterocycles. The first-order chi connectivity index (χ1) is 9.18. The van der Waals surface area contributed by atoms with E-state index in [1.165, 1.54) is 25.7 Å². The van der Waals surface area contributed by atoms with Crippen LogP contribution in [-0.4, -0.2) is 31.3 Å². The minimum absolute atomic E-state index is 0.335. The lowest BCUT2D eigenvalue weighted by Crippen LogP contribution is -2.38. The largest absolute Gasteiger partial charge is 0.444 e. The molecule has 1 aliphatic carbocycles. The van der Waals surface area contributed by atoms with Crippen LogP contribution in [0.1, 0.15) is 60.3 Å². The van der Waals surface area contributed by atoms with Gasteiger partial charge in [0.2, 0.25) is 0 Å². The topological polar surface area (TPSA) is 50.4 Å². The number of hydrogen-bond donors (Lipinski definition) is 2. The standard InChI is InChI=1S/C16H32N2O2/c1-15(2,3)20-14(19)18-11-10-17-12-13-6-8-16(4,5)9-7-13/h13,17H,6-12H2,1-5H3,(H,18,19). The fraction of sp³-hybridized carbons (Fsp3) is 0.938. The lowest BCUT2D eigenvalue weighted by Gasteiger charge is -2.34. The molecule has 0 unspecified atom stereocenters. The van der Waals surface area contributed by atoms with Crippen LogP contribution in [0.3, 0.4) is 0 Å². The molecule has 0 radical (unpaired) electrons. The predicted molar refractivity (Wildman–Crippen MR) is 82.8 cm³/mol. The number of carbonyl (C=O) groups excluding carboxylic acids is 1. The summed E-state index contributed by atoms with van der Waals surface area (Å²) in [6, 6.07) is 0. The molecule has 0 heterocycles. The second-order valence-electron chi connectivity index (χ2n) is 7.74. The van der Waals surface area contributed by atoms with E-state index in [0.29, 0.717) is 12.0 Å². The molecule has 0 atom stereocenters. The number of rotatable bonds is 5. The Morgan fingerprint density at radius 1 is 1.20 bits per heavy atom. The van der Waals surface area contributed by atoms with Gasteiger partial charge in [-0.15, -0.1) is 0 Å². The summed E-state index contributed by atoms with van der Waals surface area (Å²) >= 11 is 0. The minimum Gasteiger partial charge on any atom is -0.444 e. The van der Waals surface area contributed by atoms with E-state index < -0.39 is 5.60 Å². The van der Waals surface area contributed by atoms with Gasteiger partial charge in [0.1, 0.15) is 5.60 Å². The molecule has 0 aromatic rings. The smallest absolute Gasteiger partial charge is 0.407 e. The summed E-state index contributed by atoms with van der Waals surface area (Å²) in [6.07, 6.45) is 4.96. The molecule has 0 spiro atoms. The normalized spacial score (nSPS) is 19.6. The summed E-state index contributed by atoms with van der Waals surface area (Å²) in [6.45, 7) is 12.8. The lowest BCUT2D eigenvalue weighted by molar-refractivity contribution is 0.0528. The monoisotopic (exact) mass is 284 g/mol. The van der Waals surface area contributed by atoms with Crippen LogP contribution in [-0.2, 0) is 4.74 Å². The van der Waals surface area contributed by atoms with E-state index in [1.54, 1.807) is 0 Å². The van der Waals surface area contributed by atoms with E-state index in [4.69, 9.17) is 4.74 Å². The first-order valence-electron chi connectivity index (χ1n) is 7.85. The molecule has 0 bridgehead atoms. The van der Waals surface area contributed by atoms with Crippen molar-refractivity contribution in [3.05, 3.63) is 0 Å². The van der Waals surface area contributed by atoms with Gasteiger partial charge in [-0.1, -0.05) is 13.8 Å². The highest BCUT2D eigenvalue weighted by molar-refractivity contribution is 5.67. The van der Waals surface area contributed by atoms with Crippen LogP contribution in [0.5, 0.6) is 0 Å². The van der Waals surface area contributed by atoms with Gasteiger partial charge in [0, 0.05) is 13.1 Å². The molecule has 0 saturated heterocycles. The summed E-state index contributed by atoms with van der Waals surface area (Å²) in [5.41, 5.74) is 0.112. The summed E-state index contributed by atoms with van der Waals surface area (Å²) in [4.78, 5) is 11.4. The molecular weight excluding hydrogens is 252 g/mol. The van der Waals surface area contributed by atoms with Gasteiger partial charge in [0.15, 0.2) is 0 Å². The van der Waals surface area contributed by atoms with Crippen molar-refractivity contribution in [1.82, 2.24) is 10.6 Å². The highest BCUT2D eigenvalue weighted by Gasteiger charge is 2.26. The van der Waals surface area contributed by atoms with Gasteiger partial charge in [-0.3, -0.25) is 0 Å². The molecule has 1 fully saturated rings. The van der Waals surface area contributed by atoms with Crippen molar-refractivity contribution in [3.8, 4) is 0 Å². The van der Waals surface area contributed by atoms with E-state index in [9.17, 15) is 4.79 Å². The predicted octanol–water partition coefficient (Wildman–Crippen LogP) is 3.32. The quantitative estimate of drug-likeness (QED) is 0.761. The van der Waals surface area contributed by atoms with Gasteiger partial charge in [0.25, 0.3) is 0 Å². The molecule has 0 aromatic carbocycles. The van der Waals surface area contributed by atoms with Crippen LogP contribution in [0.15, 0.2) is 0 Å². The van der Waals surface area contributed by atoms with Crippen LogP contribution in [0, 0.1) is 11.3 Å². The zero-order valence-electron chi connectivity index (χ0n) is 13.8. The maximum atomic E-state index is 11.4. The average Bonchev–Trinajstić information content (AvgIpc) is 2.28. The van der Waals surface area contributed by atoms with Crippen LogP contribution in [0.4, 0.5) is 4.79 Å². The Labute approximate surface area is 124 Å². The molecule has 1 saturated carbocycles. The third-order valence-electron chi connectivity index (χ3n) is 3.86. The zero-order chi connectivity index (χ0) is 15.2. The Morgan fingerprint density at radius 3 is 2.35 bits per heavy atom. The highest BCUT2D eigenvalue weighted by atomic mass is 16.6. The first kappa shape index (κ1) is 17.3. The van der Waals surface area contributed by atoms with Gasteiger partial charge in [-0.25, -0.2) is 4.79 Å². The zero-order valence-corrected chi connectivity index (χ0v) is 13.8. The minimum atomic E-state index is -0.424. The Morgan fingerprint density at radius 2 is 1.80 bits per heavy atom. The van der Waals surface area contributed by atoms with Crippen LogP contribution in [0.25, 0.3) is 0 Å². The Kier molecular flexibility index (Phi) is 6.31. The first-order valence-corrected chi connectivity index (χ1v) is 7.85. The van der Waals surface area contributed by atoms with Crippen molar-refractivity contribution in [2.75, 3.05) is 19.6 Å². The Hall–Kier alpha value is -0.770. The van der Waals surface area contributed by atoms with Gasteiger partial charge in [0.05, 0.1) is 0 Å². The van der Waals surface area contributed by atoms with Crippen molar-refractivity contribution in [2.24, 2.45) is 11.3 Å². The number of carbonyl (C=O) groups is 1. The van der Waals surface area contributed by atoms with Gasteiger partial charge in [-0.2, -0.15) is 0 Å². The number of amides is 1. The number of ether oxygens (including phenoxy) is 1. The summed E-state index contributed by atoms with van der Waals surface area (Å²) < 4.78 is 5.18. The van der Waals surface area contributed by atoms with Gasteiger partial charge < -0.3 is 15.4 Å². The van der Waals surface area contributed by atoms with E-state index in [2.05, 4.69) is 24.5 Å². The van der Waals surface area contributed by atoms with E-state index in [-0.39, 0.29) is 6.09 Å². The van der Waals surface area contributed by atoms with Gasteiger partial charge in [-0.05, 0) is 64.3 Å². The molecule has 0 aliphatic heterocycles. The second-order valence-corrected chi connectivity index (χ2v) is 7.74. The summed E-state index contributed by atoms with van der Waals surface area (Å²) in [5, 5.41) is 6.20. The molecule has 1 rings (SSSR count). The molecule has 20 heavy (non-hydrogen) atoms. The van der Waals surface area contributed by atoms with Crippen molar-refractivity contribution >= 4 is 6.09 Å². The molecule has 4 heteroatoms.